The molecular weight excluding hydrogens is 291 g/mol. The second kappa shape index (κ2) is 5.05. The Morgan fingerprint density at radius 2 is 2.12 bits per heavy atom. The molecule has 1 aliphatic heterocycles. The molecule has 0 bridgehead atoms. The summed E-state index contributed by atoms with van der Waals surface area (Å²) in [7, 11) is 0. The van der Waals surface area contributed by atoms with Gasteiger partial charge in [-0.25, -0.2) is 0 Å². The maximum absolute atomic E-state index is 5.87. The van der Waals surface area contributed by atoms with Crippen LogP contribution in [-0.4, -0.2) is 23.9 Å². The van der Waals surface area contributed by atoms with Gasteiger partial charge in [0.25, 0.3) is 0 Å². The van der Waals surface area contributed by atoms with Crippen LogP contribution in [0.5, 0.6) is 0 Å². The van der Waals surface area contributed by atoms with Crippen LogP contribution in [0.25, 0.3) is 0 Å². The van der Waals surface area contributed by atoms with Crippen molar-refractivity contribution in [1.29, 1.82) is 0 Å². The fraction of sp³-hybridized carbons (Fsp3) is 0.500. The van der Waals surface area contributed by atoms with Crippen molar-refractivity contribution >= 4 is 27.5 Å². The van der Waals surface area contributed by atoms with Crippen molar-refractivity contribution in [3.05, 3.63) is 35.4 Å². The van der Waals surface area contributed by atoms with Crippen molar-refractivity contribution in [1.82, 2.24) is 0 Å². The van der Waals surface area contributed by atoms with E-state index in [-0.39, 0.29) is 6.10 Å². The average Bonchev–Trinajstić information content (AvgIpc) is 2.75. The summed E-state index contributed by atoms with van der Waals surface area (Å²) in [5.74, 6) is -0.214. The predicted octanol–water partition coefficient (Wildman–Crippen LogP) is 3.20. The molecule has 1 aliphatic rings. The van der Waals surface area contributed by atoms with E-state index in [1.807, 2.05) is 12.1 Å². The van der Waals surface area contributed by atoms with Crippen LogP contribution in [0.1, 0.15) is 11.1 Å². The number of alkyl halides is 2. The van der Waals surface area contributed by atoms with Crippen LogP contribution in [-0.2, 0) is 15.3 Å². The third kappa shape index (κ3) is 2.28. The minimum Gasteiger partial charge on any atom is -0.342 e. The van der Waals surface area contributed by atoms with E-state index in [9.17, 15) is 0 Å². The van der Waals surface area contributed by atoms with Gasteiger partial charge >= 0.3 is 0 Å². The first-order chi connectivity index (χ1) is 7.70. The van der Waals surface area contributed by atoms with Crippen molar-refractivity contribution < 1.29 is 9.47 Å². The molecule has 0 aliphatic carbocycles. The Labute approximate surface area is 109 Å². The number of aryl methyl sites for hydroxylation is 1. The molecular formula is C12H14BrClO2. The first-order valence-corrected chi connectivity index (χ1v) is 6.86. The van der Waals surface area contributed by atoms with Gasteiger partial charge in [-0.2, -0.15) is 0 Å². The van der Waals surface area contributed by atoms with E-state index in [1.54, 1.807) is 0 Å². The van der Waals surface area contributed by atoms with Crippen LogP contribution in [0.15, 0.2) is 24.3 Å². The standard InChI is InChI=1S/C12H14BrClO2/c1-9-2-4-10(5-3-9)12(8-13)15-7-11(6-14)16-12/h2-5,11H,6-8H2,1H3/t11-,12+/m1/s1. The van der Waals surface area contributed by atoms with Gasteiger partial charge in [0.2, 0.25) is 5.79 Å². The third-order valence-corrected chi connectivity index (χ3v) is 3.78. The fourth-order valence-electron chi connectivity index (χ4n) is 1.75. The molecule has 1 saturated heterocycles. The van der Waals surface area contributed by atoms with Gasteiger partial charge in [-0.05, 0) is 6.92 Å². The lowest BCUT2D eigenvalue weighted by atomic mass is 10.1. The largest absolute Gasteiger partial charge is 0.342 e. The van der Waals surface area contributed by atoms with E-state index in [4.69, 9.17) is 21.1 Å². The summed E-state index contributed by atoms with van der Waals surface area (Å²) in [6, 6.07) is 8.18. The smallest absolute Gasteiger partial charge is 0.205 e. The second-order valence-electron chi connectivity index (χ2n) is 3.96. The zero-order valence-corrected chi connectivity index (χ0v) is 11.4. The highest BCUT2D eigenvalue weighted by Gasteiger charge is 2.41. The maximum atomic E-state index is 5.87. The number of hydrogen-bond donors (Lipinski definition) is 0. The molecule has 4 heteroatoms. The average molecular weight is 306 g/mol. The Bertz CT molecular complexity index is 355. The molecule has 2 rings (SSSR count). The number of rotatable bonds is 3. The quantitative estimate of drug-likeness (QED) is 0.799. The fourth-order valence-corrected chi connectivity index (χ4v) is 2.52. The van der Waals surface area contributed by atoms with Gasteiger partial charge in [0.1, 0.15) is 0 Å². The molecule has 1 aromatic rings. The van der Waals surface area contributed by atoms with E-state index in [1.165, 1.54) is 5.56 Å². The monoisotopic (exact) mass is 304 g/mol. The molecule has 0 saturated carbocycles. The van der Waals surface area contributed by atoms with Gasteiger partial charge in [0, 0.05) is 5.56 Å². The zero-order valence-electron chi connectivity index (χ0n) is 9.08. The molecule has 0 aromatic heterocycles. The van der Waals surface area contributed by atoms with Gasteiger partial charge in [0.05, 0.1) is 23.9 Å². The highest BCUT2D eigenvalue weighted by molar-refractivity contribution is 9.09. The van der Waals surface area contributed by atoms with E-state index in [0.717, 1.165) is 5.56 Å². The molecule has 0 N–H and O–H groups in total. The van der Waals surface area contributed by atoms with Crippen molar-refractivity contribution in [2.45, 2.75) is 18.8 Å². The molecule has 2 nitrogen and oxygen atoms in total. The zero-order chi connectivity index (χ0) is 11.6. The summed E-state index contributed by atoms with van der Waals surface area (Å²) >= 11 is 9.24. The highest BCUT2D eigenvalue weighted by Crippen LogP contribution is 2.36. The molecule has 0 radical (unpaired) electrons. The summed E-state index contributed by atoms with van der Waals surface area (Å²) in [4.78, 5) is 0. The van der Waals surface area contributed by atoms with Crippen molar-refractivity contribution in [3.63, 3.8) is 0 Å². The Morgan fingerprint density at radius 3 is 2.62 bits per heavy atom. The minimum atomic E-state index is -0.673. The molecule has 2 atom stereocenters. The summed E-state index contributed by atoms with van der Waals surface area (Å²) in [5, 5.41) is 0.608. The van der Waals surface area contributed by atoms with Crippen LogP contribution >= 0.6 is 27.5 Å². The highest BCUT2D eigenvalue weighted by atomic mass is 79.9. The molecule has 0 spiro atoms. The Kier molecular flexibility index (Phi) is 3.90. The lowest BCUT2D eigenvalue weighted by Gasteiger charge is -2.26. The lowest BCUT2D eigenvalue weighted by molar-refractivity contribution is -0.154. The molecule has 1 aromatic carbocycles. The molecule has 0 amide bonds. The summed E-state index contributed by atoms with van der Waals surface area (Å²) < 4.78 is 11.6. The van der Waals surface area contributed by atoms with Crippen molar-refractivity contribution in [2.24, 2.45) is 0 Å². The van der Waals surface area contributed by atoms with E-state index >= 15 is 0 Å². The van der Waals surface area contributed by atoms with Crippen LogP contribution < -0.4 is 0 Å². The third-order valence-electron chi connectivity index (χ3n) is 2.70. The van der Waals surface area contributed by atoms with E-state index in [0.29, 0.717) is 17.8 Å². The van der Waals surface area contributed by atoms with Gasteiger partial charge in [-0.1, -0.05) is 45.8 Å². The summed E-state index contributed by atoms with van der Waals surface area (Å²) in [6.07, 6.45) is -0.0273. The first kappa shape index (κ1) is 12.4. The molecule has 88 valence electrons. The Morgan fingerprint density at radius 1 is 1.44 bits per heavy atom. The topological polar surface area (TPSA) is 18.5 Å². The van der Waals surface area contributed by atoms with E-state index < -0.39 is 5.79 Å². The number of hydrogen-bond acceptors (Lipinski definition) is 2. The van der Waals surface area contributed by atoms with Crippen molar-refractivity contribution in [3.8, 4) is 0 Å². The van der Waals surface area contributed by atoms with Crippen LogP contribution in [0.3, 0.4) is 0 Å². The Balaban J connectivity index is 2.25. The summed E-state index contributed by atoms with van der Waals surface area (Å²) in [6.45, 7) is 2.60. The number of halogens is 2. The predicted molar refractivity (Wildman–Crippen MR) is 68.2 cm³/mol. The number of ether oxygens (including phenoxy) is 2. The number of benzene rings is 1. The van der Waals surface area contributed by atoms with Crippen LogP contribution in [0.4, 0.5) is 0 Å². The van der Waals surface area contributed by atoms with Crippen LogP contribution in [0.2, 0.25) is 0 Å². The molecule has 1 fully saturated rings. The molecule has 1 heterocycles. The van der Waals surface area contributed by atoms with Gasteiger partial charge in [-0.3, -0.25) is 0 Å². The molecule has 16 heavy (non-hydrogen) atoms. The lowest BCUT2D eigenvalue weighted by Crippen LogP contribution is -2.30. The van der Waals surface area contributed by atoms with Gasteiger partial charge in [0.15, 0.2) is 0 Å². The molecule has 0 unspecified atom stereocenters. The Hall–Kier alpha value is -0.0900. The van der Waals surface area contributed by atoms with E-state index in [2.05, 4.69) is 35.0 Å². The van der Waals surface area contributed by atoms with Crippen LogP contribution in [0, 0.1) is 6.92 Å². The van der Waals surface area contributed by atoms with Gasteiger partial charge in [-0.15, -0.1) is 11.6 Å². The summed E-state index contributed by atoms with van der Waals surface area (Å²) in [5.41, 5.74) is 2.25. The minimum absolute atomic E-state index is 0.0273. The first-order valence-electron chi connectivity index (χ1n) is 5.21. The normalized spacial score (nSPS) is 29.6. The maximum Gasteiger partial charge on any atom is 0.205 e. The van der Waals surface area contributed by atoms with Crippen molar-refractivity contribution in [2.75, 3.05) is 17.8 Å². The second-order valence-corrected chi connectivity index (χ2v) is 4.83. The SMILES string of the molecule is Cc1ccc([C@@]2(CBr)OC[C@@H](CCl)O2)cc1. The van der Waals surface area contributed by atoms with Gasteiger partial charge < -0.3 is 9.47 Å².